The fraction of sp³-hybridized carbons (Fsp3) is 0.400. The average molecular weight is 386 g/mol. The van der Waals surface area contributed by atoms with Gasteiger partial charge in [0, 0.05) is 10.0 Å². The molecule has 0 amide bonds. The van der Waals surface area contributed by atoms with Gasteiger partial charge in [0.15, 0.2) is 0 Å². The van der Waals surface area contributed by atoms with Gasteiger partial charge in [-0.05, 0) is 44.5 Å². The Morgan fingerprint density at radius 3 is 2.17 bits per heavy atom. The van der Waals surface area contributed by atoms with Crippen LogP contribution in [-0.2, 0) is 12.0 Å². The largest absolute Gasteiger partial charge is 0.183 e. The third-order valence-electron chi connectivity index (χ3n) is 4.12. The molecule has 3 aromatic rings. The first-order valence-electron chi connectivity index (χ1n) is 8.40. The lowest BCUT2D eigenvalue weighted by Crippen LogP contribution is -2.10. The van der Waals surface area contributed by atoms with Crippen molar-refractivity contribution in [2.24, 2.45) is 5.92 Å². The molecule has 0 aliphatic carbocycles. The van der Waals surface area contributed by atoms with Crippen LogP contribution in [0.15, 0.2) is 40.9 Å². The molecule has 0 aliphatic rings. The standard InChI is InChI=1S/C20H24BrN3/c1-13(2)12-24-22-18-16(10-11-17(21)19(18)23-24)14-6-8-15(9-7-14)20(3,4)5/h6-11,13H,12H2,1-5H3. The van der Waals surface area contributed by atoms with Gasteiger partial charge >= 0.3 is 0 Å². The van der Waals surface area contributed by atoms with Crippen LogP contribution in [0.4, 0.5) is 0 Å². The third kappa shape index (κ3) is 3.39. The Balaban J connectivity index is 2.09. The number of rotatable bonds is 3. The fourth-order valence-corrected chi connectivity index (χ4v) is 3.19. The van der Waals surface area contributed by atoms with E-state index in [-0.39, 0.29) is 5.41 Å². The van der Waals surface area contributed by atoms with E-state index in [4.69, 9.17) is 5.10 Å². The van der Waals surface area contributed by atoms with Gasteiger partial charge in [0.2, 0.25) is 0 Å². The zero-order valence-corrected chi connectivity index (χ0v) is 16.6. The van der Waals surface area contributed by atoms with E-state index in [9.17, 15) is 0 Å². The van der Waals surface area contributed by atoms with E-state index in [2.05, 4.69) is 92.0 Å². The molecule has 0 N–H and O–H groups in total. The SMILES string of the molecule is CC(C)Cn1nc2c(Br)ccc(-c3ccc(C(C)(C)C)cc3)c2n1. The molecule has 2 aromatic carbocycles. The van der Waals surface area contributed by atoms with E-state index in [0.29, 0.717) is 5.92 Å². The molecule has 0 spiro atoms. The highest BCUT2D eigenvalue weighted by atomic mass is 79.9. The minimum Gasteiger partial charge on any atom is -0.183 e. The van der Waals surface area contributed by atoms with E-state index >= 15 is 0 Å². The van der Waals surface area contributed by atoms with Crippen molar-refractivity contribution in [3.05, 3.63) is 46.4 Å². The molecule has 24 heavy (non-hydrogen) atoms. The van der Waals surface area contributed by atoms with Crippen molar-refractivity contribution in [1.82, 2.24) is 15.0 Å². The molecule has 0 bridgehead atoms. The van der Waals surface area contributed by atoms with Gasteiger partial charge in [0.25, 0.3) is 0 Å². The van der Waals surface area contributed by atoms with Gasteiger partial charge in [-0.25, -0.2) is 0 Å². The van der Waals surface area contributed by atoms with Crippen molar-refractivity contribution in [3.8, 4) is 11.1 Å². The first kappa shape index (κ1) is 17.2. The minimum absolute atomic E-state index is 0.161. The molecule has 0 saturated heterocycles. The summed E-state index contributed by atoms with van der Waals surface area (Å²) in [4.78, 5) is 1.81. The smallest absolute Gasteiger partial charge is 0.128 e. The van der Waals surface area contributed by atoms with Gasteiger partial charge in [-0.15, -0.1) is 0 Å². The molecule has 0 aliphatic heterocycles. The van der Waals surface area contributed by atoms with Crippen LogP contribution in [0.5, 0.6) is 0 Å². The van der Waals surface area contributed by atoms with E-state index in [0.717, 1.165) is 27.6 Å². The second kappa shape index (κ2) is 6.32. The van der Waals surface area contributed by atoms with Crippen molar-refractivity contribution >= 4 is 27.0 Å². The van der Waals surface area contributed by atoms with Gasteiger partial charge in [0.05, 0.1) is 6.54 Å². The number of fused-ring (bicyclic) bond motifs is 1. The van der Waals surface area contributed by atoms with Gasteiger partial charge in [0.1, 0.15) is 11.0 Å². The molecule has 3 rings (SSSR count). The number of hydrogen-bond donors (Lipinski definition) is 0. The van der Waals surface area contributed by atoms with E-state index in [1.54, 1.807) is 0 Å². The van der Waals surface area contributed by atoms with Gasteiger partial charge in [-0.1, -0.05) is 65.0 Å². The number of nitrogens with zero attached hydrogens (tertiary/aromatic N) is 3. The molecule has 0 radical (unpaired) electrons. The van der Waals surface area contributed by atoms with Crippen LogP contribution in [0.3, 0.4) is 0 Å². The van der Waals surface area contributed by atoms with Gasteiger partial charge in [-0.3, -0.25) is 0 Å². The predicted molar refractivity (Wildman–Crippen MR) is 104 cm³/mol. The van der Waals surface area contributed by atoms with Gasteiger partial charge in [-0.2, -0.15) is 15.0 Å². The lowest BCUT2D eigenvalue weighted by molar-refractivity contribution is 0.442. The van der Waals surface area contributed by atoms with Crippen LogP contribution in [0, 0.1) is 5.92 Å². The summed E-state index contributed by atoms with van der Waals surface area (Å²) in [5.41, 5.74) is 5.68. The summed E-state index contributed by atoms with van der Waals surface area (Å²) in [5.74, 6) is 0.514. The number of hydrogen-bond acceptors (Lipinski definition) is 2. The lowest BCUT2D eigenvalue weighted by atomic mass is 9.86. The second-order valence-corrected chi connectivity index (χ2v) is 8.62. The number of aromatic nitrogens is 3. The molecule has 4 heteroatoms. The van der Waals surface area contributed by atoms with Crippen LogP contribution >= 0.6 is 15.9 Å². The van der Waals surface area contributed by atoms with E-state index in [1.807, 2.05) is 4.80 Å². The molecule has 1 heterocycles. The average Bonchev–Trinajstić information content (AvgIpc) is 2.90. The Morgan fingerprint density at radius 2 is 1.58 bits per heavy atom. The number of benzene rings is 2. The molecule has 0 atom stereocenters. The minimum atomic E-state index is 0.161. The maximum atomic E-state index is 4.74. The zero-order valence-electron chi connectivity index (χ0n) is 15.0. The summed E-state index contributed by atoms with van der Waals surface area (Å²) in [6, 6.07) is 13.0. The quantitative estimate of drug-likeness (QED) is 0.568. The molecular weight excluding hydrogens is 362 g/mol. The normalized spacial score (nSPS) is 12.3. The first-order chi connectivity index (χ1) is 11.3. The van der Waals surface area contributed by atoms with Crippen LogP contribution in [0.2, 0.25) is 0 Å². The van der Waals surface area contributed by atoms with Gasteiger partial charge < -0.3 is 0 Å². The maximum Gasteiger partial charge on any atom is 0.128 e. The first-order valence-corrected chi connectivity index (χ1v) is 9.19. The topological polar surface area (TPSA) is 30.7 Å². The van der Waals surface area contributed by atoms with Crippen molar-refractivity contribution in [3.63, 3.8) is 0 Å². The summed E-state index contributed by atoms with van der Waals surface area (Å²) in [7, 11) is 0. The summed E-state index contributed by atoms with van der Waals surface area (Å²) in [6.07, 6.45) is 0. The van der Waals surface area contributed by atoms with Crippen LogP contribution in [-0.4, -0.2) is 15.0 Å². The number of halogens is 1. The Labute approximate surface area is 152 Å². The molecule has 3 nitrogen and oxygen atoms in total. The zero-order chi connectivity index (χ0) is 17.5. The third-order valence-corrected chi connectivity index (χ3v) is 4.76. The summed E-state index contributed by atoms with van der Waals surface area (Å²) >= 11 is 3.61. The Kier molecular flexibility index (Phi) is 4.52. The van der Waals surface area contributed by atoms with Crippen LogP contribution in [0.25, 0.3) is 22.2 Å². The highest BCUT2D eigenvalue weighted by molar-refractivity contribution is 9.10. The Hall–Kier alpha value is -1.68. The summed E-state index contributed by atoms with van der Waals surface area (Å²) in [6.45, 7) is 11.9. The van der Waals surface area contributed by atoms with Crippen molar-refractivity contribution in [2.45, 2.75) is 46.6 Å². The molecule has 0 saturated carbocycles. The van der Waals surface area contributed by atoms with Crippen molar-refractivity contribution < 1.29 is 0 Å². The predicted octanol–water partition coefficient (Wildman–Crippen LogP) is 5.81. The highest BCUT2D eigenvalue weighted by Gasteiger charge is 2.16. The van der Waals surface area contributed by atoms with E-state index in [1.165, 1.54) is 11.1 Å². The Morgan fingerprint density at radius 1 is 0.958 bits per heavy atom. The Bertz CT molecular complexity index is 855. The van der Waals surface area contributed by atoms with Crippen molar-refractivity contribution in [1.29, 1.82) is 0 Å². The molecular formula is C20H24BrN3. The lowest BCUT2D eigenvalue weighted by Gasteiger charge is -2.19. The summed E-state index contributed by atoms with van der Waals surface area (Å²) < 4.78 is 0.988. The van der Waals surface area contributed by atoms with Crippen LogP contribution in [0.1, 0.15) is 40.2 Å². The molecule has 1 aromatic heterocycles. The molecule has 0 fully saturated rings. The molecule has 0 unspecified atom stereocenters. The van der Waals surface area contributed by atoms with Crippen molar-refractivity contribution in [2.75, 3.05) is 0 Å². The second-order valence-electron chi connectivity index (χ2n) is 7.77. The summed E-state index contributed by atoms with van der Waals surface area (Å²) in [5, 5.41) is 9.39. The fourth-order valence-electron chi connectivity index (χ4n) is 2.80. The monoisotopic (exact) mass is 385 g/mol. The highest BCUT2D eigenvalue weighted by Crippen LogP contribution is 2.32. The van der Waals surface area contributed by atoms with E-state index < -0.39 is 0 Å². The van der Waals surface area contributed by atoms with Crippen LogP contribution < -0.4 is 0 Å². The molecule has 126 valence electrons. The maximum absolute atomic E-state index is 4.74.